The van der Waals surface area contributed by atoms with Gasteiger partial charge >= 0.3 is 0 Å². The summed E-state index contributed by atoms with van der Waals surface area (Å²) in [5, 5.41) is 0. The topological polar surface area (TPSA) is 55.9 Å². The molecule has 19 heavy (non-hydrogen) atoms. The summed E-state index contributed by atoms with van der Waals surface area (Å²) in [6, 6.07) is 6.36. The van der Waals surface area contributed by atoms with Gasteiger partial charge in [0.05, 0.1) is 6.04 Å². The lowest BCUT2D eigenvalue weighted by Gasteiger charge is -2.17. The molecule has 0 bridgehead atoms. The van der Waals surface area contributed by atoms with E-state index in [2.05, 4.69) is 63.0 Å². The number of rotatable bonds is 5. The van der Waals surface area contributed by atoms with E-state index in [9.17, 15) is 0 Å². The summed E-state index contributed by atoms with van der Waals surface area (Å²) in [6.07, 6.45) is 4.60. The van der Waals surface area contributed by atoms with Gasteiger partial charge in [0.25, 0.3) is 0 Å². The molecule has 0 fully saturated rings. The lowest BCUT2D eigenvalue weighted by molar-refractivity contribution is 0.523. The fourth-order valence-corrected chi connectivity index (χ4v) is 2.50. The third-order valence-electron chi connectivity index (χ3n) is 3.33. The number of halogens is 1. The minimum atomic E-state index is 0.0598. The highest BCUT2D eigenvalue weighted by molar-refractivity contribution is 9.10. The van der Waals surface area contributed by atoms with Crippen molar-refractivity contribution in [3.63, 3.8) is 0 Å². The van der Waals surface area contributed by atoms with Gasteiger partial charge < -0.3 is 4.57 Å². The molecule has 2 rings (SSSR count). The van der Waals surface area contributed by atoms with Gasteiger partial charge in [-0.25, -0.2) is 4.98 Å². The molecule has 0 spiro atoms. The average Bonchev–Trinajstić information content (AvgIpc) is 2.86. The van der Waals surface area contributed by atoms with E-state index in [1.807, 2.05) is 12.4 Å². The Labute approximate surface area is 122 Å². The van der Waals surface area contributed by atoms with Crippen molar-refractivity contribution in [2.45, 2.75) is 32.9 Å². The smallest absolute Gasteiger partial charge is 0.110 e. The normalized spacial score (nSPS) is 12.6. The van der Waals surface area contributed by atoms with Gasteiger partial charge in [-0.2, -0.15) is 0 Å². The highest BCUT2D eigenvalue weighted by Gasteiger charge is 2.14. The molecule has 1 aromatic carbocycles. The lowest BCUT2D eigenvalue weighted by atomic mass is 10.0. The molecule has 0 aliphatic carbocycles. The van der Waals surface area contributed by atoms with Crippen LogP contribution in [0.3, 0.4) is 0 Å². The zero-order valence-corrected chi connectivity index (χ0v) is 12.8. The summed E-state index contributed by atoms with van der Waals surface area (Å²) >= 11 is 3.56. The fourth-order valence-electron chi connectivity index (χ4n) is 2.10. The number of imidazole rings is 1. The predicted octanol–water partition coefficient (Wildman–Crippen LogP) is 2.72. The van der Waals surface area contributed by atoms with Gasteiger partial charge in [-0.1, -0.05) is 28.1 Å². The first-order chi connectivity index (χ1) is 9.15. The number of aromatic nitrogens is 2. The molecule has 0 radical (unpaired) electrons. The second-order valence-corrected chi connectivity index (χ2v) is 5.42. The summed E-state index contributed by atoms with van der Waals surface area (Å²) in [4.78, 5) is 4.40. The molecule has 3 N–H and O–H groups in total. The Kier molecular flexibility index (Phi) is 4.74. The molecule has 1 heterocycles. The Morgan fingerprint density at radius 2 is 2.26 bits per heavy atom. The molecule has 0 aliphatic rings. The van der Waals surface area contributed by atoms with Gasteiger partial charge in [-0.3, -0.25) is 11.3 Å². The van der Waals surface area contributed by atoms with Crippen LogP contribution in [0.2, 0.25) is 0 Å². The number of nitrogens with two attached hydrogens (primary N) is 1. The quantitative estimate of drug-likeness (QED) is 0.657. The molecule has 4 nitrogen and oxygen atoms in total. The van der Waals surface area contributed by atoms with Crippen LogP contribution in [0.1, 0.15) is 29.9 Å². The molecular formula is C14H19BrN4. The van der Waals surface area contributed by atoms with E-state index >= 15 is 0 Å². The monoisotopic (exact) mass is 322 g/mol. The van der Waals surface area contributed by atoms with Crippen LogP contribution in [-0.4, -0.2) is 9.55 Å². The molecule has 0 saturated carbocycles. The minimum Gasteiger partial charge on any atom is -0.335 e. The fraction of sp³-hybridized carbons (Fsp3) is 0.357. The van der Waals surface area contributed by atoms with Gasteiger partial charge in [0, 0.05) is 29.8 Å². The third kappa shape index (κ3) is 3.23. The highest BCUT2D eigenvalue weighted by atomic mass is 79.9. The number of aryl methyl sites for hydroxylation is 2. The summed E-state index contributed by atoms with van der Waals surface area (Å²) in [6.45, 7) is 5.10. The number of nitrogens with zero attached hydrogens (tertiary/aromatic N) is 2. The molecule has 1 unspecified atom stereocenters. The zero-order valence-electron chi connectivity index (χ0n) is 11.2. The van der Waals surface area contributed by atoms with Crippen LogP contribution in [0.5, 0.6) is 0 Å². The maximum Gasteiger partial charge on any atom is 0.110 e. The standard InChI is InChI=1S/C14H19BrN4/c1-3-19-7-6-17-14(19)9-13(18-16)11-5-4-10(2)12(15)8-11/h4-8,13,18H,3,9,16H2,1-2H3. The second-order valence-electron chi connectivity index (χ2n) is 4.56. The maximum atomic E-state index is 5.70. The van der Waals surface area contributed by atoms with Crippen molar-refractivity contribution in [3.8, 4) is 0 Å². The van der Waals surface area contributed by atoms with Crippen molar-refractivity contribution >= 4 is 15.9 Å². The maximum absolute atomic E-state index is 5.70. The van der Waals surface area contributed by atoms with Gasteiger partial charge in [0.1, 0.15) is 5.82 Å². The largest absolute Gasteiger partial charge is 0.335 e. The van der Waals surface area contributed by atoms with Crippen LogP contribution < -0.4 is 11.3 Å². The van der Waals surface area contributed by atoms with Crippen LogP contribution in [0.25, 0.3) is 0 Å². The highest BCUT2D eigenvalue weighted by Crippen LogP contribution is 2.23. The number of nitrogens with one attached hydrogen (secondary N) is 1. The van der Waals surface area contributed by atoms with E-state index in [0.29, 0.717) is 0 Å². The van der Waals surface area contributed by atoms with Crippen LogP contribution in [0.15, 0.2) is 35.1 Å². The molecule has 1 atom stereocenters. The van der Waals surface area contributed by atoms with Crippen molar-refractivity contribution in [3.05, 3.63) is 52.0 Å². The van der Waals surface area contributed by atoms with E-state index in [1.54, 1.807) is 0 Å². The van der Waals surface area contributed by atoms with E-state index < -0.39 is 0 Å². The lowest BCUT2D eigenvalue weighted by Crippen LogP contribution is -2.30. The van der Waals surface area contributed by atoms with E-state index in [-0.39, 0.29) is 6.04 Å². The second kappa shape index (κ2) is 6.32. The first kappa shape index (κ1) is 14.2. The molecular weight excluding hydrogens is 304 g/mol. The van der Waals surface area contributed by atoms with Crippen molar-refractivity contribution in [1.82, 2.24) is 15.0 Å². The Hall–Kier alpha value is -1.17. The van der Waals surface area contributed by atoms with Crippen LogP contribution >= 0.6 is 15.9 Å². The Balaban J connectivity index is 2.22. The molecule has 2 aromatic rings. The number of hydrogen-bond acceptors (Lipinski definition) is 3. The SMILES string of the molecule is CCn1ccnc1CC(NN)c1ccc(C)c(Br)c1. The van der Waals surface area contributed by atoms with E-state index in [1.165, 1.54) is 5.56 Å². The van der Waals surface area contributed by atoms with Crippen molar-refractivity contribution < 1.29 is 0 Å². The van der Waals surface area contributed by atoms with Gasteiger partial charge in [-0.05, 0) is 31.0 Å². The number of benzene rings is 1. The first-order valence-corrected chi connectivity index (χ1v) is 7.17. The van der Waals surface area contributed by atoms with Crippen LogP contribution in [-0.2, 0) is 13.0 Å². The summed E-state index contributed by atoms with van der Waals surface area (Å²) in [5.41, 5.74) is 5.26. The molecule has 5 heteroatoms. The summed E-state index contributed by atoms with van der Waals surface area (Å²) in [5.74, 6) is 6.74. The van der Waals surface area contributed by atoms with E-state index in [0.717, 1.165) is 28.8 Å². The molecule has 1 aromatic heterocycles. The Morgan fingerprint density at radius 1 is 1.47 bits per heavy atom. The van der Waals surface area contributed by atoms with E-state index in [4.69, 9.17) is 5.84 Å². The average molecular weight is 323 g/mol. The summed E-state index contributed by atoms with van der Waals surface area (Å²) < 4.78 is 3.23. The molecule has 0 saturated heterocycles. The van der Waals surface area contributed by atoms with Gasteiger partial charge in [-0.15, -0.1) is 0 Å². The molecule has 102 valence electrons. The number of hydrogen-bond donors (Lipinski definition) is 2. The molecule has 0 amide bonds. The van der Waals surface area contributed by atoms with Crippen molar-refractivity contribution in [1.29, 1.82) is 0 Å². The zero-order chi connectivity index (χ0) is 13.8. The first-order valence-electron chi connectivity index (χ1n) is 6.38. The summed E-state index contributed by atoms with van der Waals surface area (Å²) in [7, 11) is 0. The molecule has 0 aliphatic heterocycles. The Morgan fingerprint density at radius 3 is 2.89 bits per heavy atom. The van der Waals surface area contributed by atoms with Crippen molar-refractivity contribution in [2.24, 2.45) is 5.84 Å². The van der Waals surface area contributed by atoms with Crippen molar-refractivity contribution in [2.75, 3.05) is 0 Å². The van der Waals surface area contributed by atoms with Crippen LogP contribution in [0, 0.1) is 6.92 Å². The number of hydrazine groups is 1. The van der Waals surface area contributed by atoms with Crippen LogP contribution in [0.4, 0.5) is 0 Å². The van der Waals surface area contributed by atoms with Gasteiger partial charge in [0.2, 0.25) is 0 Å². The predicted molar refractivity (Wildman–Crippen MR) is 80.5 cm³/mol. The third-order valence-corrected chi connectivity index (χ3v) is 4.18. The van der Waals surface area contributed by atoms with Gasteiger partial charge in [0.15, 0.2) is 0 Å². The Bertz CT molecular complexity index is 550. The minimum absolute atomic E-state index is 0.0598.